The summed E-state index contributed by atoms with van der Waals surface area (Å²) < 4.78 is 0. The Labute approximate surface area is 125 Å². The van der Waals surface area contributed by atoms with Crippen LogP contribution in [0.5, 0.6) is 5.75 Å². The number of nitrogens with zero attached hydrogens (tertiary/aromatic N) is 1. The average Bonchev–Trinajstić information content (AvgIpc) is 3.06. The normalized spacial score (nSPS) is 31.0. The van der Waals surface area contributed by atoms with Gasteiger partial charge in [0.25, 0.3) is 0 Å². The van der Waals surface area contributed by atoms with E-state index in [4.69, 9.17) is 0 Å². The molecule has 0 spiro atoms. The van der Waals surface area contributed by atoms with Gasteiger partial charge < -0.3 is 15.3 Å². The first-order valence-corrected chi connectivity index (χ1v) is 8.03. The number of carbonyl (C=O) groups is 1. The van der Waals surface area contributed by atoms with Crippen LogP contribution in [-0.2, 0) is 17.8 Å². The Balaban J connectivity index is 1.59. The van der Waals surface area contributed by atoms with Gasteiger partial charge in [0, 0.05) is 24.7 Å². The molecule has 3 aliphatic rings. The highest BCUT2D eigenvalue weighted by Gasteiger charge is 2.53. The van der Waals surface area contributed by atoms with E-state index < -0.39 is 0 Å². The third kappa shape index (κ3) is 1.89. The van der Waals surface area contributed by atoms with E-state index in [2.05, 4.69) is 5.32 Å². The molecule has 4 heteroatoms. The number of phenolic OH excluding ortho intramolecular Hbond substituents is 1. The van der Waals surface area contributed by atoms with E-state index in [9.17, 15) is 9.90 Å². The lowest BCUT2D eigenvalue weighted by atomic mass is 9.80. The average molecular weight is 286 g/mol. The molecule has 1 amide bonds. The number of aromatic hydroxyl groups is 1. The predicted molar refractivity (Wildman–Crippen MR) is 79.9 cm³/mol. The fourth-order valence-corrected chi connectivity index (χ4v) is 4.58. The lowest BCUT2D eigenvalue weighted by Crippen LogP contribution is -2.49. The number of carbonyl (C=O) groups excluding carboxylic acids is 1. The highest BCUT2D eigenvalue weighted by atomic mass is 16.3. The smallest absolute Gasteiger partial charge is 0.230 e. The second kappa shape index (κ2) is 4.73. The SMILES string of the molecule is O=C(N1CCc2c(O)cccc2C1)[C@]12CCC[C@H]1NCC2. The molecule has 0 unspecified atom stereocenters. The highest BCUT2D eigenvalue weighted by Crippen LogP contribution is 2.46. The van der Waals surface area contributed by atoms with E-state index >= 15 is 0 Å². The molecular formula is C17H22N2O2. The van der Waals surface area contributed by atoms with Crippen LogP contribution in [0.15, 0.2) is 18.2 Å². The molecule has 2 aliphatic heterocycles. The van der Waals surface area contributed by atoms with Crippen molar-refractivity contribution in [2.45, 2.75) is 44.7 Å². The number of benzene rings is 1. The summed E-state index contributed by atoms with van der Waals surface area (Å²) in [6.45, 7) is 2.36. The molecule has 1 aromatic rings. The molecule has 21 heavy (non-hydrogen) atoms. The number of phenols is 1. The van der Waals surface area contributed by atoms with Gasteiger partial charge in [-0.3, -0.25) is 4.79 Å². The zero-order chi connectivity index (χ0) is 14.4. The van der Waals surface area contributed by atoms with Crippen molar-refractivity contribution in [2.24, 2.45) is 5.41 Å². The molecule has 2 fully saturated rings. The number of hydrogen-bond acceptors (Lipinski definition) is 3. The Morgan fingerprint density at radius 1 is 1.38 bits per heavy atom. The molecule has 2 heterocycles. The molecule has 0 radical (unpaired) electrons. The molecule has 2 N–H and O–H groups in total. The van der Waals surface area contributed by atoms with E-state index in [1.54, 1.807) is 6.07 Å². The molecule has 1 saturated heterocycles. The van der Waals surface area contributed by atoms with Crippen molar-refractivity contribution in [3.63, 3.8) is 0 Å². The first kappa shape index (κ1) is 13.1. The third-order valence-corrected chi connectivity index (χ3v) is 5.70. The second-order valence-electron chi connectivity index (χ2n) is 6.70. The quantitative estimate of drug-likeness (QED) is 0.828. The maximum absolute atomic E-state index is 13.1. The van der Waals surface area contributed by atoms with Crippen molar-refractivity contribution < 1.29 is 9.90 Å². The summed E-state index contributed by atoms with van der Waals surface area (Å²) in [5, 5.41) is 13.4. The number of fused-ring (bicyclic) bond motifs is 2. The first-order chi connectivity index (χ1) is 10.2. The number of rotatable bonds is 1. The molecule has 2 atom stereocenters. The van der Waals surface area contributed by atoms with E-state index in [-0.39, 0.29) is 5.41 Å². The summed E-state index contributed by atoms with van der Waals surface area (Å²) in [4.78, 5) is 15.1. The fraction of sp³-hybridized carbons (Fsp3) is 0.588. The molecule has 0 aromatic heterocycles. The Hall–Kier alpha value is -1.55. The van der Waals surface area contributed by atoms with Gasteiger partial charge in [0.2, 0.25) is 5.91 Å². The number of nitrogens with one attached hydrogen (secondary N) is 1. The summed E-state index contributed by atoms with van der Waals surface area (Å²) >= 11 is 0. The second-order valence-corrected chi connectivity index (χ2v) is 6.70. The van der Waals surface area contributed by atoms with Crippen LogP contribution in [0.1, 0.15) is 36.8 Å². The number of hydrogen-bond donors (Lipinski definition) is 2. The molecule has 1 saturated carbocycles. The zero-order valence-electron chi connectivity index (χ0n) is 12.3. The van der Waals surface area contributed by atoms with Gasteiger partial charge >= 0.3 is 0 Å². The summed E-state index contributed by atoms with van der Waals surface area (Å²) in [5.41, 5.74) is 1.98. The van der Waals surface area contributed by atoms with Crippen LogP contribution in [0.25, 0.3) is 0 Å². The van der Waals surface area contributed by atoms with Crippen LogP contribution < -0.4 is 5.32 Å². The van der Waals surface area contributed by atoms with Crippen molar-refractivity contribution in [3.05, 3.63) is 29.3 Å². The molecule has 1 aliphatic carbocycles. The summed E-state index contributed by atoms with van der Waals surface area (Å²) in [6, 6.07) is 6.03. The van der Waals surface area contributed by atoms with Crippen LogP contribution in [0.3, 0.4) is 0 Å². The molecule has 112 valence electrons. The Kier molecular flexibility index (Phi) is 2.96. The van der Waals surface area contributed by atoms with Gasteiger partial charge in [-0.25, -0.2) is 0 Å². The Morgan fingerprint density at radius 3 is 3.19 bits per heavy atom. The maximum Gasteiger partial charge on any atom is 0.230 e. The van der Waals surface area contributed by atoms with Crippen LogP contribution in [0.4, 0.5) is 0 Å². The van der Waals surface area contributed by atoms with Gasteiger partial charge in [0.05, 0.1) is 5.41 Å². The number of amides is 1. The van der Waals surface area contributed by atoms with Gasteiger partial charge in [-0.15, -0.1) is 0 Å². The predicted octanol–water partition coefficient (Wildman–Crippen LogP) is 1.81. The fourth-order valence-electron chi connectivity index (χ4n) is 4.58. The van der Waals surface area contributed by atoms with Crippen molar-refractivity contribution >= 4 is 5.91 Å². The van der Waals surface area contributed by atoms with Crippen molar-refractivity contribution in [2.75, 3.05) is 13.1 Å². The van der Waals surface area contributed by atoms with Gasteiger partial charge in [-0.1, -0.05) is 18.6 Å². The summed E-state index contributed by atoms with van der Waals surface area (Å²) in [5.74, 6) is 0.711. The third-order valence-electron chi connectivity index (χ3n) is 5.70. The van der Waals surface area contributed by atoms with E-state index in [0.29, 0.717) is 24.2 Å². The lowest BCUT2D eigenvalue weighted by Gasteiger charge is -2.37. The van der Waals surface area contributed by atoms with Gasteiger partial charge in [-0.05, 0) is 43.9 Å². The molecular weight excluding hydrogens is 264 g/mol. The summed E-state index contributed by atoms with van der Waals surface area (Å²) in [7, 11) is 0. The molecule has 1 aromatic carbocycles. The van der Waals surface area contributed by atoms with Crippen molar-refractivity contribution in [1.82, 2.24) is 10.2 Å². The van der Waals surface area contributed by atoms with Gasteiger partial charge in [-0.2, -0.15) is 0 Å². The lowest BCUT2D eigenvalue weighted by molar-refractivity contribution is -0.143. The largest absolute Gasteiger partial charge is 0.508 e. The Morgan fingerprint density at radius 2 is 2.29 bits per heavy atom. The van der Waals surface area contributed by atoms with Crippen LogP contribution >= 0.6 is 0 Å². The van der Waals surface area contributed by atoms with Crippen molar-refractivity contribution in [1.29, 1.82) is 0 Å². The van der Waals surface area contributed by atoms with Crippen LogP contribution in [0.2, 0.25) is 0 Å². The highest BCUT2D eigenvalue weighted by molar-refractivity contribution is 5.84. The minimum atomic E-state index is -0.145. The monoisotopic (exact) mass is 286 g/mol. The van der Waals surface area contributed by atoms with Crippen molar-refractivity contribution in [3.8, 4) is 5.75 Å². The first-order valence-electron chi connectivity index (χ1n) is 8.03. The van der Waals surface area contributed by atoms with Crippen LogP contribution in [0, 0.1) is 5.41 Å². The van der Waals surface area contributed by atoms with Gasteiger partial charge in [0.15, 0.2) is 0 Å². The molecule has 0 bridgehead atoms. The minimum absolute atomic E-state index is 0.145. The maximum atomic E-state index is 13.1. The molecule has 4 nitrogen and oxygen atoms in total. The van der Waals surface area contributed by atoms with Crippen LogP contribution in [-0.4, -0.2) is 35.0 Å². The van der Waals surface area contributed by atoms with E-state index in [1.165, 1.54) is 0 Å². The Bertz CT molecular complexity index is 574. The minimum Gasteiger partial charge on any atom is -0.508 e. The van der Waals surface area contributed by atoms with Gasteiger partial charge in [0.1, 0.15) is 5.75 Å². The zero-order valence-corrected chi connectivity index (χ0v) is 12.3. The standard InChI is InChI=1S/C17H22N2O2/c20-14-4-1-3-12-11-19(10-6-13(12)14)16(21)17-7-2-5-15(17)18-9-8-17/h1,3-4,15,18,20H,2,5-11H2/t15-,17+/m1/s1. The molecule has 4 rings (SSSR count). The van der Waals surface area contributed by atoms with E-state index in [0.717, 1.165) is 56.3 Å². The van der Waals surface area contributed by atoms with E-state index in [1.807, 2.05) is 17.0 Å². The topological polar surface area (TPSA) is 52.6 Å². The summed E-state index contributed by atoms with van der Waals surface area (Å²) in [6.07, 6.45) is 5.08.